The summed E-state index contributed by atoms with van der Waals surface area (Å²) in [4.78, 5) is 12.0. The number of hydrogen-bond acceptors (Lipinski definition) is 5. The van der Waals surface area contributed by atoms with Crippen molar-refractivity contribution < 1.29 is 27.8 Å². The first-order valence-corrected chi connectivity index (χ1v) is 13.0. The smallest absolute Gasteiger partial charge is 0.416 e. The van der Waals surface area contributed by atoms with Crippen LogP contribution in [0.1, 0.15) is 58.4 Å². The number of aromatic hydroxyl groups is 1. The van der Waals surface area contributed by atoms with Crippen LogP contribution in [0.4, 0.5) is 18.9 Å². The summed E-state index contributed by atoms with van der Waals surface area (Å²) >= 11 is 7.16. The summed E-state index contributed by atoms with van der Waals surface area (Å²) in [6.07, 6.45) is -3.99. The lowest BCUT2D eigenvalue weighted by Crippen LogP contribution is -2.09. The van der Waals surface area contributed by atoms with Gasteiger partial charge in [0.25, 0.3) is 0 Å². The molecule has 1 unspecified atom stereocenters. The van der Waals surface area contributed by atoms with Crippen molar-refractivity contribution in [1.82, 2.24) is 0 Å². The minimum Gasteiger partial charge on any atom is -0.507 e. The summed E-state index contributed by atoms with van der Waals surface area (Å²) in [6.45, 7) is 7.90. The summed E-state index contributed by atoms with van der Waals surface area (Å²) in [5, 5.41) is 13.3. The average Bonchev–Trinajstić information content (AvgIpc) is 3.22. The SMILES string of the molecule is CCC(=O)c1cc(Cl)cc(C)c1O.Cc1ccc(COCc2cc(C(F)(F)F)cc3c2NC(C)S3)cc1. The molecule has 0 saturated carbocycles. The molecule has 0 bridgehead atoms. The number of fused-ring (bicyclic) bond motifs is 1. The number of ether oxygens (including phenoxy) is 1. The molecule has 1 atom stereocenters. The van der Waals surface area contributed by atoms with Crippen LogP contribution in [0.25, 0.3) is 0 Å². The van der Waals surface area contributed by atoms with Crippen LogP contribution in [0.3, 0.4) is 0 Å². The van der Waals surface area contributed by atoms with Crippen LogP contribution < -0.4 is 5.32 Å². The van der Waals surface area contributed by atoms with Crippen molar-refractivity contribution in [2.75, 3.05) is 5.32 Å². The molecular formula is C28H29ClF3NO3S. The average molecular weight is 552 g/mol. The van der Waals surface area contributed by atoms with E-state index in [2.05, 4.69) is 5.32 Å². The molecular weight excluding hydrogens is 523 g/mol. The quantitative estimate of drug-likeness (QED) is 0.301. The van der Waals surface area contributed by atoms with Gasteiger partial charge in [-0.1, -0.05) is 60.1 Å². The molecule has 0 amide bonds. The monoisotopic (exact) mass is 551 g/mol. The molecule has 1 heterocycles. The second-order valence-electron chi connectivity index (χ2n) is 8.78. The molecule has 3 aromatic carbocycles. The first kappa shape index (κ1) is 28.9. The van der Waals surface area contributed by atoms with Gasteiger partial charge in [0, 0.05) is 21.9 Å². The van der Waals surface area contributed by atoms with Gasteiger partial charge in [0.2, 0.25) is 0 Å². The topological polar surface area (TPSA) is 58.6 Å². The standard InChI is InChI=1S/C18H18F3NOS.C10H11ClO2/c1-11-3-5-13(6-4-11)9-23-10-14-7-15(18(19,20)21)8-16-17(14)22-12(2)24-16;1-3-9(12)8-5-7(11)4-6(2)10(8)13/h3-8,12,22H,9-10H2,1-2H3;4-5,13H,3H2,1-2H3. The molecule has 0 saturated heterocycles. The van der Waals surface area contributed by atoms with Crippen molar-refractivity contribution in [2.45, 2.75) is 63.8 Å². The zero-order valence-electron chi connectivity index (χ0n) is 21.0. The number of Topliss-reactive ketones (excluding diaryl/α,β-unsaturated/α-hetero) is 1. The van der Waals surface area contributed by atoms with Gasteiger partial charge in [-0.2, -0.15) is 13.2 Å². The predicted octanol–water partition coefficient (Wildman–Crippen LogP) is 8.54. The fourth-order valence-electron chi connectivity index (χ4n) is 3.73. The van der Waals surface area contributed by atoms with Gasteiger partial charge in [-0.05, 0) is 56.2 Å². The van der Waals surface area contributed by atoms with E-state index in [1.807, 2.05) is 38.1 Å². The van der Waals surface area contributed by atoms with E-state index < -0.39 is 11.7 Å². The number of halogens is 4. The third-order valence-corrected chi connectivity index (χ3v) is 6.96. The molecule has 1 aliphatic rings. The molecule has 2 N–H and O–H groups in total. The minimum atomic E-state index is -4.35. The first-order chi connectivity index (χ1) is 17.4. The van der Waals surface area contributed by atoms with Crippen molar-refractivity contribution >= 4 is 34.8 Å². The van der Waals surface area contributed by atoms with Gasteiger partial charge in [-0.3, -0.25) is 4.79 Å². The second kappa shape index (κ2) is 12.2. The molecule has 4 nitrogen and oxygen atoms in total. The number of hydrogen-bond donors (Lipinski definition) is 2. The zero-order chi connectivity index (χ0) is 27.3. The van der Waals surface area contributed by atoms with E-state index in [1.54, 1.807) is 19.9 Å². The highest BCUT2D eigenvalue weighted by Crippen LogP contribution is 2.44. The number of nitrogens with one attached hydrogen (secondary N) is 1. The van der Waals surface area contributed by atoms with Gasteiger partial charge in [0.15, 0.2) is 5.78 Å². The number of phenols is 1. The van der Waals surface area contributed by atoms with Gasteiger partial charge >= 0.3 is 6.18 Å². The van der Waals surface area contributed by atoms with Crippen LogP contribution in [0, 0.1) is 13.8 Å². The van der Waals surface area contributed by atoms with Crippen molar-refractivity contribution in [3.8, 4) is 5.75 Å². The fraction of sp³-hybridized carbons (Fsp3) is 0.321. The number of ketones is 1. The van der Waals surface area contributed by atoms with E-state index in [4.69, 9.17) is 16.3 Å². The van der Waals surface area contributed by atoms with E-state index in [0.29, 0.717) is 39.6 Å². The van der Waals surface area contributed by atoms with Gasteiger partial charge in [0.05, 0.1) is 35.4 Å². The summed E-state index contributed by atoms with van der Waals surface area (Å²) in [5.74, 6) is -0.0562. The Kier molecular flexibility index (Phi) is 9.56. The molecule has 1 aliphatic heterocycles. The Morgan fingerprint density at radius 2 is 1.78 bits per heavy atom. The van der Waals surface area contributed by atoms with E-state index in [1.165, 1.54) is 30.0 Å². The molecule has 4 rings (SSSR count). The van der Waals surface area contributed by atoms with Gasteiger partial charge in [-0.15, -0.1) is 0 Å². The highest BCUT2D eigenvalue weighted by molar-refractivity contribution is 8.00. The number of carbonyl (C=O) groups excluding carboxylic acids is 1. The van der Waals surface area contributed by atoms with Crippen molar-refractivity contribution in [1.29, 1.82) is 0 Å². The highest BCUT2D eigenvalue weighted by Gasteiger charge is 2.34. The molecule has 3 aromatic rings. The van der Waals surface area contributed by atoms with Crippen molar-refractivity contribution in [2.24, 2.45) is 0 Å². The third-order valence-electron chi connectivity index (χ3n) is 5.70. The first-order valence-electron chi connectivity index (χ1n) is 11.7. The Morgan fingerprint density at radius 1 is 1.11 bits per heavy atom. The van der Waals surface area contributed by atoms with Gasteiger partial charge < -0.3 is 15.2 Å². The molecule has 0 fully saturated rings. The number of alkyl halides is 3. The summed E-state index contributed by atoms with van der Waals surface area (Å²) < 4.78 is 44.9. The van der Waals surface area contributed by atoms with Crippen LogP contribution in [0.5, 0.6) is 5.75 Å². The second-order valence-corrected chi connectivity index (χ2v) is 10.6. The summed E-state index contributed by atoms with van der Waals surface area (Å²) in [7, 11) is 0. The number of rotatable bonds is 6. The molecule has 0 aliphatic carbocycles. The van der Waals surface area contributed by atoms with Crippen molar-refractivity contribution in [3.63, 3.8) is 0 Å². The normalized spacial score (nSPS) is 14.4. The maximum Gasteiger partial charge on any atom is 0.416 e. The Balaban J connectivity index is 0.000000248. The Morgan fingerprint density at radius 3 is 2.41 bits per heavy atom. The number of carbonyl (C=O) groups is 1. The Hall–Kier alpha value is -2.68. The largest absolute Gasteiger partial charge is 0.507 e. The van der Waals surface area contributed by atoms with E-state index in [0.717, 1.165) is 16.8 Å². The van der Waals surface area contributed by atoms with Crippen LogP contribution >= 0.6 is 23.4 Å². The molecule has 198 valence electrons. The molecule has 0 aromatic heterocycles. The third kappa shape index (κ3) is 7.66. The van der Waals surface area contributed by atoms with E-state index >= 15 is 0 Å². The lowest BCUT2D eigenvalue weighted by atomic mass is 10.0. The van der Waals surface area contributed by atoms with Gasteiger partial charge in [0.1, 0.15) is 5.75 Å². The number of phenolic OH excluding ortho intramolecular Hbond substituents is 1. The fourth-order valence-corrected chi connectivity index (χ4v) is 5.07. The lowest BCUT2D eigenvalue weighted by molar-refractivity contribution is -0.137. The maximum absolute atomic E-state index is 13.1. The number of thioether (sulfide) groups is 1. The zero-order valence-corrected chi connectivity index (χ0v) is 22.6. The number of anilines is 1. The summed E-state index contributed by atoms with van der Waals surface area (Å²) in [6, 6.07) is 13.4. The van der Waals surface area contributed by atoms with Gasteiger partial charge in [-0.25, -0.2) is 0 Å². The number of aryl methyl sites for hydroxylation is 2. The van der Waals surface area contributed by atoms with Crippen LogP contribution in [0.2, 0.25) is 5.02 Å². The maximum atomic E-state index is 13.1. The predicted molar refractivity (Wildman–Crippen MR) is 143 cm³/mol. The van der Waals surface area contributed by atoms with Crippen LogP contribution in [-0.2, 0) is 24.1 Å². The molecule has 0 spiro atoms. The van der Waals surface area contributed by atoms with E-state index in [9.17, 15) is 23.1 Å². The van der Waals surface area contributed by atoms with Crippen molar-refractivity contribution in [3.05, 3.63) is 86.9 Å². The van der Waals surface area contributed by atoms with E-state index in [-0.39, 0.29) is 23.5 Å². The Labute approximate surface area is 224 Å². The molecule has 0 radical (unpaired) electrons. The molecule has 9 heteroatoms. The lowest BCUT2D eigenvalue weighted by Gasteiger charge is -2.14. The van der Waals surface area contributed by atoms with Crippen LogP contribution in [0.15, 0.2) is 53.4 Å². The summed E-state index contributed by atoms with van der Waals surface area (Å²) in [5.41, 5.74) is 3.77. The number of benzene rings is 3. The molecule has 37 heavy (non-hydrogen) atoms. The minimum absolute atomic E-state index is 0.0382. The van der Waals surface area contributed by atoms with Crippen LogP contribution in [-0.4, -0.2) is 16.3 Å². The Bertz CT molecular complexity index is 1260. The highest BCUT2D eigenvalue weighted by atomic mass is 35.5.